The molecule has 0 aliphatic rings. The van der Waals surface area contributed by atoms with Crippen molar-refractivity contribution >= 4 is 11.2 Å². The van der Waals surface area contributed by atoms with Crippen molar-refractivity contribution in [2.24, 2.45) is 0 Å². The molecule has 8 heteroatoms. The number of imidazole rings is 2. The van der Waals surface area contributed by atoms with Crippen LogP contribution in [-0.4, -0.2) is 40.7 Å². The third-order valence-electron chi connectivity index (χ3n) is 6.01. The minimum atomic E-state index is 0.535. The number of rotatable bonds is 7. The van der Waals surface area contributed by atoms with Gasteiger partial charge in [0.05, 0.1) is 29.9 Å². The minimum absolute atomic E-state index is 0.535. The minimum Gasteiger partial charge on any atom is -0.464 e. The summed E-state index contributed by atoms with van der Waals surface area (Å²) in [6, 6.07) is 22.4. The number of hydrogen-bond acceptors (Lipinski definition) is 6. The van der Waals surface area contributed by atoms with Crippen molar-refractivity contribution in [1.82, 2.24) is 34.1 Å². The first-order chi connectivity index (χ1) is 18.2. The summed E-state index contributed by atoms with van der Waals surface area (Å²) >= 11 is 0. The summed E-state index contributed by atoms with van der Waals surface area (Å²) in [6.45, 7) is 4.63. The van der Waals surface area contributed by atoms with Crippen LogP contribution >= 0.6 is 0 Å². The molecule has 0 amide bonds. The maximum Gasteiger partial charge on any atom is 0.303 e. The van der Waals surface area contributed by atoms with Crippen molar-refractivity contribution in [2.75, 3.05) is 6.61 Å². The van der Waals surface area contributed by atoms with Gasteiger partial charge in [-0.15, -0.1) is 0 Å². The lowest BCUT2D eigenvalue weighted by molar-refractivity contribution is 0.289. The van der Waals surface area contributed by atoms with Gasteiger partial charge >= 0.3 is 6.01 Å². The Labute approximate surface area is 214 Å². The molecule has 0 fully saturated rings. The van der Waals surface area contributed by atoms with E-state index < -0.39 is 0 Å². The Bertz CT molecular complexity index is 1650. The molecule has 6 rings (SSSR count). The highest BCUT2D eigenvalue weighted by Gasteiger charge is 2.17. The molecule has 0 saturated carbocycles. The van der Waals surface area contributed by atoms with E-state index in [4.69, 9.17) is 9.72 Å². The molecule has 0 radical (unpaired) electrons. The number of ether oxygens (including phenoxy) is 1. The summed E-state index contributed by atoms with van der Waals surface area (Å²) in [5, 5.41) is 0. The lowest BCUT2D eigenvalue weighted by Crippen LogP contribution is -2.04. The van der Waals surface area contributed by atoms with Crippen LogP contribution in [0, 0.1) is 6.92 Å². The summed E-state index contributed by atoms with van der Waals surface area (Å²) in [6.07, 6.45) is 8.30. The van der Waals surface area contributed by atoms with Crippen molar-refractivity contribution in [3.05, 3.63) is 97.2 Å². The zero-order chi connectivity index (χ0) is 25.2. The molecule has 0 aliphatic heterocycles. The molecular formula is C29H25N7O. The molecule has 37 heavy (non-hydrogen) atoms. The Balaban J connectivity index is 1.45. The standard InChI is InChI=1S/C29H25N7O/c1-3-17-37-29-34-25-8-6-16-31-28(25)36(29)22-13-10-21(11-14-22)27-33-26(24-7-4-5-15-30-24)19-35(27)23-12-9-20(2)32-18-23/h4-16,18-19H,3,17H2,1-2H3. The van der Waals surface area contributed by atoms with Crippen LogP contribution in [-0.2, 0) is 0 Å². The number of nitrogens with zero attached hydrogens (tertiary/aromatic N) is 7. The largest absolute Gasteiger partial charge is 0.464 e. The third kappa shape index (κ3) is 4.33. The lowest BCUT2D eigenvalue weighted by atomic mass is 10.2. The fourth-order valence-corrected chi connectivity index (χ4v) is 4.20. The molecule has 0 saturated heterocycles. The molecule has 182 valence electrons. The Kier molecular flexibility index (Phi) is 5.90. The Hall–Kier alpha value is -4.85. The molecule has 0 N–H and O–H groups in total. The van der Waals surface area contributed by atoms with Crippen molar-refractivity contribution in [2.45, 2.75) is 20.3 Å². The van der Waals surface area contributed by atoms with Crippen LogP contribution in [0.4, 0.5) is 0 Å². The van der Waals surface area contributed by atoms with Gasteiger partial charge < -0.3 is 4.74 Å². The molecule has 0 bridgehead atoms. The Morgan fingerprint density at radius 1 is 0.784 bits per heavy atom. The van der Waals surface area contributed by atoms with E-state index in [9.17, 15) is 0 Å². The van der Waals surface area contributed by atoms with Gasteiger partial charge in [-0.1, -0.05) is 13.0 Å². The smallest absolute Gasteiger partial charge is 0.303 e. The van der Waals surface area contributed by atoms with Gasteiger partial charge in [0, 0.05) is 29.8 Å². The van der Waals surface area contributed by atoms with E-state index in [1.165, 1.54) is 0 Å². The van der Waals surface area contributed by atoms with Gasteiger partial charge in [-0.3, -0.25) is 14.5 Å². The molecule has 8 nitrogen and oxygen atoms in total. The fourth-order valence-electron chi connectivity index (χ4n) is 4.20. The maximum atomic E-state index is 5.96. The zero-order valence-corrected chi connectivity index (χ0v) is 20.6. The van der Waals surface area contributed by atoms with Gasteiger partial charge in [0.25, 0.3) is 0 Å². The highest BCUT2D eigenvalue weighted by molar-refractivity contribution is 5.75. The average Bonchev–Trinajstić information content (AvgIpc) is 3.55. The van der Waals surface area contributed by atoms with Gasteiger partial charge in [-0.2, -0.15) is 4.98 Å². The molecule has 5 heterocycles. The maximum absolute atomic E-state index is 5.96. The van der Waals surface area contributed by atoms with E-state index in [0.29, 0.717) is 12.6 Å². The summed E-state index contributed by atoms with van der Waals surface area (Å²) in [4.78, 5) is 23.2. The fraction of sp³-hybridized carbons (Fsp3) is 0.138. The zero-order valence-electron chi connectivity index (χ0n) is 20.6. The van der Waals surface area contributed by atoms with Crippen LogP contribution < -0.4 is 4.74 Å². The van der Waals surface area contributed by atoms with Gasteiger partial charge in [-0.25, -0.2) is 14.5 Å². The Morgan fingerprint density at radius 3 is 2.38 bits per heavy atom. The van der Waals surface area contributed by atoms with E-state index in [0.717, 1.165) is 57.4 Å². The molecular weight excluding hydrogens is 462 g/mol. The predicted octanol–water partition coefficient (Wildman–Crippen LogP) is 5.83. The molecule has 6 aromatic rings. The van der Waals surface area contributed by atoms with E-state index in [1.54, 1.807) is 12.4 Å². The van der Waals surface area contributed by atoms with Gasteiger partial charge in [0.2, 0.25) is 0 Å². The summed E-state index contributed by atoms with van der Waals surface area (Å²) in [5.74, 6) is 0.800. The third-order valence-corrected chi connectivity index (χ3v) is 6.01. The van der Waals surface area contributed by atoms with Gasteiger partial charge in [0.1, 0.15) is 17.0 Å². The lowest BCUT2D eigenvalue weighted by Gasteiger charge is -2.11. The SMILES string of the molecule is CCCOc1nc2cccnc2n1-c1ccc(-c2nc(-c3ccccn3)cn2-c2ccc(C)nc2)cc1. The Morgan fingerprint density at radius 2 is 1.62 bits per heavy atom. The van der Waals surface area contributed by atoms with Gasteiger partial charge in [0.15, 0.2) is 5.65 Å². The summed E-state index contributed by atoms with van der Waals surface area (Å²) in [7, 11) is 0. The van der Waals surface area contributed by atoms with Crippen LogP contribution in [0.1, 0.15) is 19.0 Å². The second-order valence-corrected chi connectivity index (χ2v) is 8.66. The molecule has 1 aromatic carbocycles. The second-order valence-electron chi connectivity index (χ2n) is 8.66. The van der Waals surface area contributed by atoms with Crippen LogP contribution in [0.3, 0.4) is 0 Å². The first-order valence-electron chi connectivity index (χ1n) is 12.2. The monoisotopic (exact) mass is 487 g/mol. The van der Waals surface area contributed by atoms with Crippen LogP contribution in [0.2, 0.25) is 0 Å². The van der Waals surface area contributed by atoms with Crippen molar-refractivity contribution in [3.63, 3.8) is 0 Å². The van der Waals surface area contributed by atoms with E-state index in [1.807, 2.05) is 78.5 Å². The number of pyridine rings is 3. The van der Waals surface area contributed by atoms with Crippen molar-refractivity contribution in [1.29, 1.82) is 0 Å². The summed E-state index contributed by atoms with van der Waals surface area (Å²) < 4.78 is 9.96. The van der Waals surface area contributed by atoms with Crippen molar-refractivity contribution in [3.8, 4) is 40.2 Å². The van der Waals surface area contributed by atoms with Crippen LogP contribution in [0.25, 0.3) is 45.3 Å². The van der Waals surface area contributed by atoms with Crippen LogP contribution in [0.15, 0.2) is 91.5 Å². The van der Waals surface area contributed by atoms with E-state index in [2.05, 4.69) is 43.6 Å². The molecule has 5 aromatic heterocycles. The van der Waals surface area contributed by atoms with Gasteiger partial charge in [-0.05, 0) is 74.0 Å². The molecule has 0 atom stereocenters. The normalized spacial score (nSPS) is 11.2. The van der Waals surface area contributed by atoms with E-state index >= 15 is 0 Å². The molecule has 0 spiro atoms. The number of aromatic nitrogens is 7. The molecule has 0 aliphatic carbocycles. The highest BCUT2D eigenvalue weighted by Crippen LogP contribution is 2.30. The van der Waals surface area contributed by atoms with Crippen molar-refractivity contribution < 1.29 is 4.74 Å². The first-order valence-corrected chi connectivity index (χ1v) is 12.2. The number of fused-ring (bicyclic) bond motifs is 1. The highest BCUT2D eigenvalue weighted by atomic mass is 16.5. The number of aryl methyl sites for hydroxylation is 1. The number of hydrogen-bond donors (Lipinski definition) is 0. The summed E-state index contributed by atoms with van der Waals surface area (Å²) in [5.41, 5.74) is 6.91. The molecule has 0 unspecified atom stereocenters. The van der Waals surface area contributed by atoms with Crippen LogP contribution in [0.5, 0.6) is 6.01 Å². The topological polar surface area (TPSA) is 83.5 Å². The quantitative estimate of drug-likeness (QED) is 0.282. The second kappa shape index (κ2) is 9.66. The average molecular weight is 488 g/mol. The van der Waals surface area contributed by atoms with E-state index in [-0.39, 0.29) is 0 Å². The number of benzene rings is 1. The predicted molar refractivity (Wildman–Crippen MR) is 143 cm³/mol. The first kappa shape index (κ1) is 22.6.